The predicted molar refractivity (Wildman–Crippen MR) is 157 cm³/mol. The predicted octanol–water partition coefficient (Wildman–Crippen LogP) is 5.14. The molecule has 42 heavy (non-hydrogen) atoms. The van der Waals surface area contributed by atoms with Crippen molar-refractivity contribution in [2.45, 2.75) is 36.7 Å². The van der Waals surface area contributed by atoms with Gasteiger partial charge in [0.1, 0.15) is 0 Å². The first-order chi connectivity index (χ1) is 20.7. The number of hydrogen-bond donors (Lipinski definition) is 2. The van der Waals surface area contributed by atoms with Gasteiger partial charge in [-0.15, -0.1) is 5.10 Å². The molecule has 212 valence electrons. The number of para-hydroxylation sites is 1. The van der Waals surface area contributed by atoms with Crippen molar-refractivity contribution in [2.75, 3.05) is 11.1 Å². The quantitative estimate of drug-likeness (QED) is 0.228. The maximum atomic E-state index is 12.7. The third-order valence-electron chi connectivity index (χ3n) is 6.80. The molecule has 0 aliphatic carbocycles. The first kappa shape index (κ1) is 27.7. The van der Waals surface area contributed by atoms with E-state index in [0.29, 0.717) is 28.6 Å². The van der Waals surface area contributed by atoms with Gasteiger partial charge in [0, 0.05) is 35.8 Å². The molecular weight excluding hydrogens is 552 g/mol. The molecule has 11 heteroatoms. The molecule has 0 spiro atoms. The van der Waals surface area contributed by atoms with Gasteiger partial charge in [-0.3, -0.25) is 9.78 Å². The van der Waals surface area contributed by atoms with Gasteiger partial charge in [0.25, 0.3) is 5.91 Å². The minimum Gasteiger partial charge on any atom is -0.392 e. The van der Waals surface area contributed by atoms with Crippen molar-refractivity contribution in [3.8, 4) is 5.69 Å². The zero-order valence-corrected chi connectivity index (χ0v) is 23.3. The summed E-state index contributed by atoms with van der Waals surface area (Å²) in [5.74, 6) is 0.341. The van der Waals surface area contributed by atoms with Gasteiger partial charge in [0.05, 0.1) is 30.1 Å². The molecule has 5 aromatic rings. The van der Waals surface area contributed by atoms with Crippen LogP contribution in [0.2, 0.25) is 0 Å². The topological polar surface area (TPSA) is 124 Å². The molecule has 1 fully saturated rings. The van der Waals surface area contributed by atoms with E-state index >= 15 is 0 Å². The van der Waals surface area contributed by atoms with Crippen LogP contribution < -0.4 is 5.32 Å². The second kappa shape index (κ2) is 13.0. The highest BCUT2D eigenvalue weighted by Crippen LogP contribution is 2.40. The number of amides is 1. The summed E-state index contributed by atoms with van der Waals surface area (Å²) in [6.07, 6.45) is 2.65. The van der Waals surface area contributed by atoms with Crippen LogP contribution in [0.4, 0.5) is 5.69 Å². The summed E-state index contributed by atoms with van der Waals surface area (Å²) >= 11 is 1.52. The van der Waals surface area contributed by atoms with Gasteiger partial charge in [0.15, 0.2) is 6.29 Å². The van der Waals surface area contributed by atoms with E-state index in [0.717, 1.165) is 22.4 Å². The molecule has 1 amide bonds. The van der Waals surface area contributed by atoms with Gasteiger partial charge in [-0.25, -0.2) is 0 Å². The van der Waals surface area contributed by atoms with Crippen molar-refractivity contribution in [3.05, 3.63) is 126 Å². The number of carbonyl (C=O) groups is 1. The van der Waals surface area contributed by atoms with Crippen LogP contribution in [0.5, 0.6) is 0 Å². The molecule has 0 bridgehead atoms. The van der Waals surface area contributed by atoms with Crippen LogP contribution in [0.1, 0.15) is 45.9 Å². The summed E-state index contributed by atoms with van der Waals surface area (Å²) in [4.78, 5) is 16.7. The lowest BCUT2D eigenvalue weighted by Gasteiger charge is -2.36. The van der Waals surface area contributed by atoms with Gasteiger partial charge >= 0.3 is 0 Å². The monoisotopic (exact) mass is 580 g/mol. The molecule has 3 atom stereocenters. The van der Waals surface area contributed by atoms with E-state index in [1.807, 2.05) is 78.9 Å². The van der Waals surface area contributed by atoms with Crippen molar-refractivity contribution in [3.63, 3.8) is 0 Å². The van der Waals surface area contributed by atoms with Crippen LogP contribution >= 0.6 is 11.8 Å². The Morgan fingerprint density at radius 1 is 0.976 bits per heavy atom. The fourth-order valence-corrected chi connectivity index (χ4v) is 5.56. The molecule has 2 aromatic heterocycles. The van der Waals surface area contributed by atoms with E-state index in [1.54, 1.807) is 23.0 Å². The van der Waals surface area contributed by atoms with E-state index in [2.05, 4.69) is 25.8 Å². The summed E-state index contributed by atoms with van der Waals surface area (Å²) in [5.41, 5.74) is 4.57. The van der Waals surface area contributed by atoms with E-state index in [4.69, 9.17) is 9.47 Å². The molecule has 3 heterocycles. The Labute approximate surface area is 246 Å². The molecule has 6 rings (SSSR count). The number of thioether (sulfide) groups is 1. The number of aliphatic hydroxyl groups is 1. The van der Waals surface area contributed by atoms with Crippen LogP contribution in [0, 0.1) is 0 Å². The number of aliphatic hydroxyl groups excluding tert-OH is 1. The number of nitrogens with zero attached hydrogens (tertiary/aromatic N) is 5. The summed E-state index contributed by atoms with van der Waals surface area (Å²) in [6.45, 7) is -0.0233. The van der Waals surface area contributed by atoms with Crippen LogP contribution in [0.15, 0.2) is 109 Å². The van der Waals surface area contributed by atoms with Crippen LogP contribution in [0.25, 0.3) is 5.69 Å². The van der Waals surface area contributed by atoms with Crippen molar-refractivity contribution in [1.29, 1.82) is 0 Å². The SMILES string of the molecule is O=C(Nc1cccc(C2OC(CSc3nnnn3-c3ccccc3)CC(c3ccc(CO)cc3)O2)c1)c1cccnc1. The lowest BCUT2D eigenvalue weighted by Crippen LogP contribution is -2.31. The second-order valence-corrected chi connectivity index (χ2v) is 10.7. The van der Waals surface area contributed by atoms with E-state index in [1.165, 1.54) is 18.0 Å². The third-order valence-corrected chi connectivity index (χ3v) is 7.85. The summed E-state index contributed by atoms with van der Waals surface area (Å²) < 4.78 is 14.7. The number of benzene rings is 3. The first-order valence-electron chi connectivity index (χ1n) is 13.4. The smallest absolute Gasteiger partial charge is 0.257 e. The molecule has 1 aliphatic rings. The lowest BCUT2D eigenvalue weighted by atomic mass is 10.0. The standard InChI is InChI=1S/C31H28N6O4S/c38-19-21-11-13-22(14-12-21)28-17-27(20-42-31-34-35-36-37(31)26-9-2-1-3-10-26)40-30(41-28)23-6-4-8-25(16-23)33-29(39)24-7-5-15-32-18-24/h1-16,18,27-28,30,38H,17,19-20H2,(H,33,39). The number of tetrazole rings is 1. The Balaban J connectivity index is 1.22. The maximum absolute atomic E-state index is 12.7. The fourth-order valence-electron chi connectivity index (χ4n) is 4.65. The van der Waals surface area contributed by atoms with Gasteiger partial charge in [-0.1, -0.05) is 66.4 Å². The first-order valence-corrected chi connectivity index (χ1v) is 14.4. The second-order valence-electron chi connectivity index (χ2n) is 9.69. The highest BCUT2D eigenvalue weighted by Gasteiger charge is 2.33. The maximum Gasteiger partial charge on any atom is 0.257 e. The summed E-state index contributed by atoms with van der Waals surface area (Å²) in [6, 6.07) is 28.4. The number of rotatable bonds is 9. The normalized spacial score (nSPS) is 18.5. The van der Waals surface area contributed by atoms with E-state index in [-0.39, 0.29) is 24.7 Å². The van der Waals surface area contributed by atoms with Crippen LogP contribution in [0.3, 0.4) is 0 Å². The summed E-state index contributed by atoms with van der Waals surface area (Å²) in [5, 5.41) is 25.3. The Bertz CT molecular complexity index is 1620. The zero-order valence-electron chi connectivity index (χ0n) is 22.5. The molecule has 3 aromatic carbocycles. The number of pyridine rings is 1. The average Bonchev–Trinajstić information content (AvgIpc) is 3.53. The number of anilines is 1. The molecule has 2 N–H and O–H groups in total. The Morgan fingerprint density at radius 3 is 2.62 bits per heavy atom. The lowest BCUT2D eigenvalue weighted by molar-refractivity contribution is -0.245. The van der Waals surface area contributed by atoms with E-state index < -0.39 is 6.29 Å². The van der Waals surface area contributed by atoms with Gasteiger partial charge < -0.3 is 19.9 Å². The average molecular weight is 581 g/mol. The minimum absolute atomic E-state index is 0.0233. The van der Waals surface area contributed by atoms with E-state index in [9.17, 15) is 9.90 Å². The molecular formula is C31H28N6O4S. The molecule has 0 saturated carbocycles. The Hall–Kier alpha value is -4.42. The van der Waals surface area contributed by atoms with Crippen molar-refractivity contribution in [2.24, 2.45) is 0 Å². The van der Waals surface area contributed by atoms with Crippen molar-refractivity contribution < 1.29 is 19.4 Å². The molecule has 1 saturated heterocycles. The van der Waals surface area contributed by atoms with Crippen molar-refractivity contribution in [1.82, 2.24) is 25.2 Å². The molecule has 10 nitrogen and oxygen atoms in total. The number of hydrogen-bond acceptors (Lipinski definition) is 9. The minimum atomic E-state index is -0.674. The van der Waals surface area contributed by atoms with Gasteiger partial charge in [-0.2, -0.15) is 4.68 Å². The number of nitrogens with one attached hydrogen (secondary N) is 1. The highest BCUT2D eigenvalue weighted by molar-refractivity contribution is 7.99. The van der Waals surface area contributed by atoms with Gasteiger partial charge in [-0.05, 0) is 58.0 Å². The third kappa shape index (κ3) is 6.55. The molecule has 0 radical (unpaired) electrons. The zero-order chi connectivity index (χ0) is 28.7. The largest absolute Gasteiger partial charge is 0.392 e. The number of aromatic nitrogens is 5. The van der Waals surface area contributed by atoms with Crippen LogP contribution in [-0.2, 0) is 16.1 Å². The van der Waals surface area contributed by atoms with Crippen molar-refractivity contribution >= 4 is 23.4 Å². The molecule has 3 unspecified atom stereocenters. The van der Waals surface area contributed by atoms with Crippen LogP contribution in [-0.4, -0.2) is 48.1 Å². The molecule has 1 aliphatic heterocycles. The number of ether oxygens (including phenoxy) is 2. The number of carbonyl (C=O) groups excluding carboxylic acids is 1. The Kier molecular flexibility index (Phi) is 8.61. The fraction of sp³-hybridized carbons (Fsp3) is 0.194. The summed E-state index contributed by atoms with van der Waals surface area (Å²) in [7, 11) is 0. The highest BCUT2D eigenvalue weighted by atomic mass is 32.2. The Morgan fingerprint density at radius 2 is 1.83 bits per heavy atom. The van der Waals surface area contributed by atoms with Gasteiger partial charge in [0.2, 0.25) is 5.16 Å².